The molecule has 5 nitrogen and oxygen atoms in total. The Morgan fingerprint density at radius 1 is 1.27 bits per heavy atom. The second-order valence-electron chi connectivity index (χ2n) is 5.59. The lowest BCUT2D eigenvalue weighted by Crippen LogP contribution is -2.13. The number of carbonyl (C=O) groups excluding carboxylic acids is 1. The molecule has 0 unspecified atom stereocenters. The molecule has 1 amide bonds. The van der Waals surface area contributed by atoms with Gasteiger partial charge >= 0.3 is 0 Å². The van der Waals surface area contributed by atoms with Crippen molar-refractivity contribution in [3.63, 3.8) is 0 Å². The summed E-state index contributed by atoms with van der Waals surface area (Å²) in [4.78, 5) is 17.0. The molecule has 26 heavy (non-hydrogen) atoms. The molecule has 8 heteroatoms. The zero-order chi connectivity index (χ0) is 18.3. The van der Waals surface area contributed by atoms with Crippen LogP contribution in [0.3, 0.4) is 0 Å². The van der Waals surface area contributed by atoms with Crippen molar-refractivity contribution in [2.45, 2.75) is 6.92 Å². The number of hydrogen-bond acceptors (Lipinski definition) is 4. The van der Waals surface area contributed by atoms with Crippen molar-refractivity contribution >= 4 is 49.1 Å². The summed E-state index contributed by atoms with van der Waals surface area (Å²) in [5, 5.41) is 8.00. The number of fused-ring (bicyclic) bond motifs is 1. The van der Waals surface area contributed by atoms with E-state index in [4.69, 9.17) is 0 Å². The normalized spacial score (nSPS) is 11.0. The lowest BCUT2D eigenvalue weighted by Gasteiger charge is -2.04. The number of aryl methyl sites for hydroxylation is 1. The Balaban J connectivity index is 1.62. The summed E-state index contributed by atoms with van der Waals surface area (Å²) in [5.41, 5.74) is 2.00. The van der Waals surface area contributed by atoms with E-state index in [1.807, 2.05) is 19.1 Å². The molecule has 0 saturated carbocycles. The van der Waals surface area contributed by atoms with Crippen LogP contribution in [0.1, 0.15) is 15.5 Å². The van der Waals surface area contributed by atoms with Crippen molar-refractivity contribution in [1.82, 2.24) is 14.8 Å². The largest absolute Gasteiger partial charge is 0.321 e. The van der Waals surface area contributed by atoms with E-state index >= 15 is 0 Å². The number of thiazole rings is 1. The molecule has 1 N–H and O–H groups in total. The number of hydrogen-bond donors (Lipinski definition) is 1. The van der Waals surface area contributed by atoms with Gasteiger partial charge in [-0.1, -0.05) is 12.1 Å². The van der Waals surface area contributed by atoms with Crippen LogP contribution < -0.4 is 5.32 Å². The number of carbonyl (C=O) groups is 1. The molecule has 2 aromatic heterocycles. The Labute approximate surface area is 160 Å². The minimum absolute atomic E-state index is 0.175. The molecule has 2 aromatic carbocycles. The molecule has 130 valence electrons. The Morgan fingerprint density at radius 2 is 2.08 bits per heavy atom. The Kier molecular flexibility index (Phi) is 4.29. The predicted molar refractivity (Wildman–Crippen MR) is 104 cm³/mol. The van der Waals surface area contributed by atoms with Crippen LogP contribution in [0.2, 0.25) is 0 Å². The van der Waals surface area contributed by atoms with Crippen LogP contribution in [0, 0.1) is 12.7 Å². The smallest absolute Gasteiger partial charge is 0.277 e. The molecule has 4 rings (SSSR count). The van der Waals surface area contributed by atoms with Gasteiger partial charge in [-0.2, -0.15) is 5.10 Å². The summed E-state index contributed by atoms with van der Waals surface area (Å²) >= 11 is 4.88. The first kappa shape index (κ1) is 16.9. The van der Waals surface area contributed by atoms with Gasteiger partial charge in [0.25, 0.3) is 5.91 Å². The Bertz CT molecular complexity index is 1140. The molecule has 4 aromatic rings. The molecular formula is C18H12BrFN4OS. The van der Waals surface area contributed by atoms with Crippen molar-refractivity contribution in [2.24, 2.45) is 0 Å². The number of rotatable bonds is 3. The van der Waals surface area contributed by atoms with E-state index in [0.717, 1.165) is 15.2 Å². The monoisotopic (exact) mass is 430 g/mol. The second-order valence-corrected chi connectivity index (χ2v) is 7.68. The van der Waals surface area contributed by atoms with E-state index < -0.39 is 5.82 Å². The fourth-order valence-corrected chi connectivity index (χ4v) is 3.90. The van der Waals surface area contributed by atoms with E-state index in [0.29, 0.717) is 10.2 Å². The minimum atomic E-state index is -0.416. The maximum atomic E-state index is 13.9. The lowest BCUT2D eigenvalue weighted by atomic mass is 10.3. The SMILES string of the molecule is Cc1nc2ccc(NC(=O)c3nn(-c4ccccc4F)cc3Br)cc2s1. The minimum Gasteiger partial charge on any atom is -0.321 e. The molecule has 2 heterocycles. The van der Waals surface area contributed by atoms with Gasteiger partial charge in [-0.3, -0.25) is 4.79 Å². The quantitative estimate of drug-likeness (QED) is 0.500. The standard InChI is InChI=1S/C18H12BrFN4OS/c1-10-21-14-7-6-11(8-16(14)26-10)22-18(25)17-12(19)9-24(23-17)15-5-3-2-4-13(15)20/h2-9H,1H3,(H,22,25). The van der Waals surface area contributed by atoms with Crippen LogP contribution in [-0.2, 0) is 0 Å². The van der Waals surface area contributed by atoms with Crippen LogP contribution in [0.5, 0.6) is 0 Å². The highest BCUT2D eigenvalue weighted by Crippen LogP contribution is 2.26. The van der Waals surface area contributed by atoms with Gasteiger partial charge in [-0.15, -0.1) is 11.3 Å². The summed E-state index contributed by atoms with van der Waals surface area (Å²) in [5.74, 6) is -0.798. The lowest BCUT2D eigenvalue weighted by molar-refractivity contribution is 0.102. The first-order valence-electron chi connectivity index (χ1n) is 7.70. The fourth-order valence-electron chi connectivity index (χ4n) is 2.58. The van der Waals surface area contributed by atoms with Crippen LogP contribution in [0.4, 0.5) is 10.1 Å². The van der Waals surface area contributed by atoms with Gasteiger partial charge in [-0.05, 0) is 53.2 Å². The highest BCUT2D eigenvalue weighted by atomic mass is 79.9. The first-order chi connectivity index (χ1) is 12.5. The van der Waals surface area contributed by atoms with Crippen molar-refractivity contribution in [3.8, 4) is 5.69 Å². The van der Waals surface area contributed by atoms with E-state index in [-0.39, 0.29) is 17.3 Å². The van der Waals surface area contributed by atoms with Crippen molar-refractivity contribution in [3.05, 3.63) is 69.7 Å². The van der Waals surface area contributed by atoms with Gasteiger partial charge in [0.1, 0.15) is 11.5 Å². The molecule has 0 aliphatic heterocycles. The van der Waals surface area contributed by atoms with Gasteiger partial charge in [0, 0.05) is 11.9 Å². The van der Waals surface area contributed by atoms with E-state index in [1.165, 1.54) is 10.7 Å². The maximum absolute atomic E-state index is 13.9. The highest BCUT2D eigenvalue weighted by molar-refractivity contribution is 9.10. The van der Waals surface area contributed by atoms with Gasteiger partial charge in [0.15, 0.2) is 5.69 Å². The van der Waals surface area contributed by atoms with E-state index in [1.54, 1.807) is 41.8 Å². The average molecular weight is 431 g/mol. The van der Waals surface area contributed by atoms with Crippen LogP contribution in [-0.4, -0.2) is 20.7 Å². The molecule has 0 spiro atoms. The molecule has 0 bridgehead atoms. The van der Waals surface area contributed by atoms with Crippen LogP contribution >= 0.6 is 27.3 Å². The summed E-state index contributed by atoms with van der Waals surface area (Å²) in [6, 6.07) is 11.8. The molecule has 0 radical (unpaired) electrons. The number of para-hydroxylation sites is 1. The summed E-state index contributed by atoms with van der Waals surface area (Å²) < 4.78 is 16.7. The summed E-state index contributed by atoms with van der Waals surface area (Å²) in [6.45, 7) is 1.94. The van der Waals surface area contributed by atoms with Crippen LogP contribution in [0.25, 0.3) is 15.9 Å². The summed E-state index contributed by atoms with van der Waals surface area (Å²) in [7, 11) is 0. The summed E-state index contributed by atoms with van der Waals surface area (Å²) in [6.07, 6.45) is 1.56. The Morgan fingerprint density at radius 3 is 2.88 bits per heavy atom. The average Bonchev–Trinajstić information content (AvgIpc) is 3.16. The molecular weight excluding hydrogens is 419 g/mol. The fraction of sp³-hybridized carbons (Fsp3) is 0.0556. The molecule has 0 saturated heterocycles. The topological polar surface area (TPSA) is 59.8 Å². The highest BCUT2D eigenvalue weighted by Gasteiger charge is 2.17. The number of anilines is 1. The zero-order valence-corrected chi connectivity index (χ0v) is 15.9. The van der Waals surface area contributed by atoms with Gasteiger partial charge in [0.2, 0.25) is 0 Å². The van der Waals surface area contributed by atoms with Crippen molar-refractivity contribution < 1.29 is 9.18 Å². The number of aromatic nitrogens is 3. The third-order valence-corrected chi connectivity index (χ3v) is 5.25. The molecule has 0 atom stereocenters. The van der Waals surface area contributed by atoms with Crippen LogP contribution in [0.15, 0.2) is 53.1 Å². The van der Waals surface area contributed by atoms with Crippen molar-refractivity contribution in [2.75, 3.05) is 5.32 Å². The number of amides is 1. The zero-order valence-electron chi connectivity index (χ0n) is 13.5. The third kappa shape index (κ3) is 3.13. The van der Waals surface area contributed by atoms with Crippen molar-refractivity contribution in [1.29, 1.82) is 0 Å². The first-order valence-corrected chi connectivity index (χ1v) is 9.31. The maximum Gasteiger partial charge on any atom is 0.277 e. The predicted octanol–water partition coefficient (Wildman–Crippen LogP) is 4.94. The molecule has 0 aliphatic rings. The second kappa shape index (κ2) is 6.62. The number of benzene rings is 2. The van der Waals surface area contributed by atoms with E-state index in [2.05, 4.69) is 31.3 Å². The number of nitrogens with one attached hydrogen (secondary N) is 1. The van der Waals surface area contributed by atoms with Gasteiger partial charge in [-0.25, -0.2) is 14.1 Å². The van der Waals surface area contributed by atoms with Gasteiger partial charge in [0.05, 0.1) is 19.7 Å². The Hall–Kier alpha value is -2.58. The van der Waals surface area contributed by atoms with E-state index in [9.17, 15) is 9.18 Å². The molecule has 0 aliphatic carbocycles. The van der Waals surface area contributed by atoms with Gasteiger partial charge < -0.3 is 5.32 Å². The third-order valence-electron chi connectivity index (χ3n) is 3.74. The molecule has 0 fully saturated rings. The number of halogens is 2. The number of nitrogens with zero attached hydrogens (tertiary/aromatic N) is 3.